The maximum Gasteiger partial charge on any atom is 0.305 e. The van der Waals surface area contributed by atoms with Gasteiger partial charge in [-0.3, -0.25) is 4.79 Å². The first-order valence-corrected chi connectivity index (χ1v) is 6.42. The average Bonchev–Trinajstić information content (AvgIpc) is 2.33. The van der Waals surface area contributed by atoms with Gasteiger partial charge in [-0.25, -0.2) is 0 Å². The van der Waals surface area contributed by atoms with Gasteiger partial charge in [0, 0.05) is 17.5 Å². The molecule has 2 N–H and O–H groups in total. The van der Waals surface area contributed by atoms with Gasteiger partial charge in [-0.05, 0) is 49.4 Å². The molecule has 3 nitrogen and oxygen atoms in total. The molecule has 1 rings (SSSR count). The first-order chi connectivity index (χ1) is 8.45. The van der Waals surface area contributed by atoms with E-state index >= 15 is 0 Å². The van der Waals surface area contributed by atoms with Crippen LogP contribution in [0.2, 0.25) is 5.02 Å². The Morgan fingerprint density at radius 3 is 2.67 bits per heavy atom. The van der Waals surface area contributed by atoms with E-state index in [1.807, 2.05) is 26.0 Å². The fourth-order valence-electron chi connectivity index (χ4n) is 1.93. The van der Waals surface area contributed by atoms with Crippen LogP contribution in [0.3, 0.4) is 0 Å². The smallest absolute Gasteiger partial charge is 0.305 e. The molecule has 1 aromatic rings. The molecule has 0 aliphatic carbocycles. The van der Waals surface area contributed by atoms with Gasteiger partial charge < -0.3 is 10.5 Å². The molecule has 0 amide bonds. The van der Waals surface area contributed by atoms with Crippen molar-refractivity contribution in [2.45, 2.75) is 39.2 Å². The lowest BCUT2D eigenvalue weighted by atomic mass is 9.96. The van der Waals surface area contributed by atoms with E-state index in [1.54, 1.807) is 0 Å². The predicted octanol–water partition coefficient (Wildman–Crippen LogP) is 3.30. The summed E-state index contributed by atoms with van der Waals surface area (Å²) in [5.41, 5.74) is 9.37. The van der Waals surface area contributed by atoms with E-state index in [4.69, 9.17) is 17.3 Å². The normalized spacial score (nSPS) is 12.3. The fourth-order valence-corrected chi connectivity index (χ4v) is 2.14. The minimum absolute atomic E-state index is 0.0642. The second-order valence-electron chi connectivity index (χ2n) is 4.53. The van der Waals surface area contributed by atoms with Crippen LogP contribution in [0.1, 0.15) is 42.0 Å². The van der Waals surface area contributed by atoms with Gasteiger partial charge in [-0.15, -0.1) is 0 Å². The van der Waals surface area contributed by atoms with Crippen LogP contribution in [0, 0.1) is 13.8 Å². The minimum Gasteiger partial charge on any atom is -0.469 e. The molecule has 0 aliphatic rings. The first-order valence-electron chi connectivity index (χ1n) is 6.04. The van der Waals surface area contributed by atoms with Crippen LogP contribution in [0.15, 0.2) is 12.1 Å². The number of hydrogen-bond donors (Lipinski definition) is 1. The van der Waals surface area contributed by atoms with Crippen molar-refractivity contribution in [1.29, 1.82) is 0 Å². The Kier molecular flexibility index (Phi) is 5.63. The van der Waals surface area contributed by atoms with Crippen LogP contribution in [-0.2, 0) is 9.53 Å². The minimum atomic E-state index is -0.189. The van der Waals surface area contributed by atoms with Crippen LogP contribution in [0.4, 0.5) is 0 Å². The van der Waals surface area contributed by atoms with E-state index in [0.717, 1.165) is 34.6 Å². The molecule has 0 saturated carbocycles. The summed E-state index contributed by atoms with van der Waals surface area (Å²) in [7, 11) is 1.40. The zero-order valence-electron chi connectivity index (χ0n) is 11.1. The highest BCUT2D eigenvalue weighted by atomic mass is 35.5. The van der Waals surface area contributed by atoms with E-state index in [9.17, 15) is 4.79 Å². The van der Waals surface area contributed by atoms with Gasteiger partial charge >= 0.3 is 5.97 Å². The predicted molar refractivity (Wildman–Crippen MR) is 73.7 cm³/mol. The summed E-state index contributed by atoms with van der Waals surface area (Å²) in [4.78, 5) is 11.0. The summed E-state index contributed by atoms with van der Waals surface area (Å²) < 4.78 is 4.60. The Hall–Kier alpha value is -1.06. The number of hydrogen-bond acceptors (Lipinski definition) is 3. The molecule has 0 radical (unpaired) electrons. The number of ether oxygens (including phenoxy) is 1. The van der Waals surface area contributed by atoms with Crippen molar-refractivity contribution in [3.63, 3.8) is 0 Å². The van der Waals surface area contributed by atoms with Crippen LogP contribution in [0.5, 0.6) is 0 Å². The van der Waals surface area contributed by atoms with Crippen LogP contribution >= 0.6 is 11.6 Å². The molecular weight excluding hydrogens is 250 g/mol. The molecule has 0 saturated heterocycles. The molecule has 1 atom stereocenters. The van der Waals surface area contributed by atoms with Gasteiger partial charge in [-0.2, -0.15) is 0 Å². The highest BCUT2D eigenvalue weighted by Gasteiger charge is 2.12. The van der Waals surface area contributed by atoms with Gasteiger partial charge in [0.25, 0.3) is 0 Å². The van der Waals surface area contributed by atoms with Crippen molar-refractivity contribution in [1.82, 2.24) is 0 Å². The number of rotatable bonds is 5. The molecule has 1 unspecified atom stereocenters. The Morgan fingerprint density at radius 1 is 1.39 bits per heavy atom. The summed E-state index contributed by atoms with van der Waals surface area (Å²) >= 11 is 6.05. The van der Waals surface area contributed by atoms with E-state index in [-0.39, 0.29) is 12.0 Å². The van der Waals surface area contributed by atoms with Crippen LogP contribution in [-0.4, -0.2) is 13.1 Å². The molecule has 0 fully saturated rings. The maximum atomic E-state index is 11.0. The van der Waals surface area contributed by atoms with Gasteiger partial charge in [0.15, 0.2) is 0 Å². The van der Waals surface area contributed by atoms with Gasteiger partial charge in [0.1, 0.15) is 0 Å². The Bertz CT molecular complexity index is 432. The van der Waals surface area contributed by atoms with E-state index in [1.165, 1.54) is 7.11 Å². The third-order valence-corrected chi connectivity index (χ3v) is 3.48. The van der Waals surface area contributed by atoms with Crippen LogP contribution < -0.4 is 5.73 Å². The number of benzene rings is 1. The largest absolute Gasteiger partial charge is 0.469 e. The standard InChI is InChI=1S/C14H20ClNO2/c1-9-8-12(15)10(2)7-11(9)13(16)5-4-6-14(17)18-3/h7-8,13H,4-6,16H2,1-3H3. The number of halogens is 1. The van der Waals surface area contributed by atoms with Gasteiger partial charge in [0.05, 0.1) is 7.11 Å². The van der Waals surface area contributed by atoms with Crippen molar-refractivity contribution < 1.29 is 9.53 Å². The lowest BCUT2D eigenvalue weighted by Gasteiger charge is -2.16. The molecule has 100 valence electrons. The molecule has 4 heteroatoms. The highest BCUT2D eigenvalue weighted by Crippen LogP contribution is 2.26. The monoisotopic (exact) mass is 269 g/mol. The first kappa shape index (κ1) is 15.0. The zero-order chi connectivity index (χ0) is 13.7. The average molecular weight is 270 g/mol. The third-order valence-electron chi connectivity index (χ3n) is 3.07. The number of esters is 1. The Balaban J connectivity index is 2.64. The SMILES string of the molecule is COC(=O)CCCC(N)c1cc(C)c(Cl)cc1C. The van der Waals surface area contributed by atoms with Gasteiger partial charge in [-0.1, -0.05) is 17.7 Å². The second-order valence-corrected chi connectivity index (χ2v) is 4.94. The third kappa shape index (κ3) is 4.00. The molecule has 0 aromatic heterocycles. The number of methoxy groups -OCH3 is 1. The number of carbonyl (C=O) groups is 1. The Labute approximate surface area is 113 Å². The van der Waals surface area contributed by atoms with Crippen molar-refractivity contribution in [2.75, 3.05) is 7.11 Å². The van der Waals surface area contributed by atoms with Gasteiger partial charge in [0.2, 0.25) is 0 Å². The molecule has 18 heavy (non-hydrogen) atoms. The summed E-state index contributed by atoms with van der Waals surface area (Å²) in [5.74, 6) is -0.189. The van der Waals surface area contributed by atoms with Crippen molar-refractivity contribution >= 4 is 17.6 Å². The fraction of sp³-hybridized carbons (Fsp3) is 0.500. The summed E-state index contributed by atoms with van der Waals surface area (Å²) in [6, 6.07) is 3.90. The van der Waals surface area contributed by atoms with E-state index < -0.39 is 0 Å². The lowest BCUT2D eigenvalue weighted by molar-refractivity contribution is -0.140. The van der Waals surface area contributed by atoms with Crippen LogP contribution in [0.25, 0.3) is 0 Å². The molecule has 0 aliphatic heterocycles. The molecule has 0 bridgehead atoms. The Morgan fingerprint density at radius 2 is 2.06 bits per heavy atom. The highest BCUT2D eigenvalue weighted by molar-refractivity contribution is 6.31. The summed E-state index contributed by atoms with van der Waals surface area (Å²) in [6.45, 7) is 3.97. The topological polar surface area (TPSA) is 52.3 Å². The molecule has 1 aromatic carbocycles. The molecular formula is C14H20ClNO2. The summed E-state index contributed by atoms with van der Waals surface area (Å²) in [5, 5.41) is 0.762. The second kappa shape index (κ2) is 6.76. The maximum absolute atomic E-state index is 11.0. The van der Waals surface area contributed by atoms with E-state index in [2.05, 4.69) is 4.74 Å². The number of nitrogens with two attached hydrogens (primary N) is 1. The number of carbonyl (C=O) groups excluding carboxylic acids is 1. The van der Waals surface area contributed by atoms with E-state index in [0.29, 0.717) is 6.42 Å². The van der Waals surface area contributed by atoms with Crippen molar-refractivity contribution in [2.24, 2.45) is 5.73 Å². The molecule has 0 spiro atoms. The molecule has 0 heterocycles. The zero-order valence-corrected chi connectivity index (χ0v) is 11.9. The van der Waals surface area contributed by atoms with Crippen molar-refractivity contribution in [3.8, 4) is 0 Å². The quantitative estimate of drug-likeness (QED) is 0.835. The number of aryl methyl sites for hydroxylation is 2. The summed E-state index contributed by atoms with van der Waals surface area (Å²) in [6.07, 6.45) is 1.90. The van der Waals surface area contributed by atoms with Crippen molar-refractivity contribution in [3.05, 3.63) is 33.8 Å². The lowest BCUT2D eigenvalue weighted by Crippen LogP contribution is -2.13.